The predicted molar refractivity (Wildman–Crippen MR) is 80.9 cm³/mol. The van der Waals surface area contributed by atoms with Crippen LogP contribution in [0.1, 0.15) is 25.3 Å². The molecule has 1 aliphatic rings. The van der Waals surface area contributed by atoms with Crippen LogP contribution in [0.3, 0.4) is 0 Å². The molecular weight excluding hydrogens is 323 g/mol. The van der Waals surface area contributed by atoms with Crippen molar-refractivity contribution in [2.75, 3.05) is 26.2 Å². The highest BCUT2D eigenvalue weighted by Crippen LogP contribution is 2.22. The molecule has 0 aliphatic carbocycles. The van der Waals surface area contributed by atoms with Crippen LogP contribution in [0.15, 0.2) is 22.7 Å². The lowest BCUT2D eigenvalue weighted by molar-refractivity contribution is -0.130. The smallest absolute Gasteiger partial charge is 0.222 e. The minimum absolute atomic E-state index is 0.176. The largest absolute Gasteiger partial charge is 0.341 e. The number of nitrogens with zero attached hydrogens (tertiary/aromatic N) is 2. The maximum Gasteiger partial charge on any atom is 0.222 e. The minimum Gasteiger partial charge on any atom is -0.341 e. The average Bonchev–Trinajstić information content (AvgIpc) is 2.68. The van der Waals surface area contributed by atoms with Gasteiger partial charge in [-0.1, -0.05) is 28.9 Å². The van der Waals surface area contributed by atoms with Crippen LogP contribution in [0.5, 0.6) is 0 Å². The van der Waals surface area contributed by atoms with E-state index in [1.165, 1.54) is 6.07 Å². The Bertz CT molecular complexity index is 461. The van der Waals surface area contributed by atoms with E-state index in [2.05, 4.69) is 20.8 Å². The third-order valence-corrected chi connectivity index (χ3v) is 4.43. The second-order valence-corrected chi connectivity index (χ2v) is 5.92. The molecule has 2 rings (SSSR count). The number of benzene rings is 1. The zero-order valence-electron chi connectivity index (χ0n) is 11.7. The van der Waals surface area contributed by atoms with Gasteiger partial charge in [0.1, 0.15) is 5.82 Å². The maximum atomic E-state index is 13.8. The Balaban J connectivity index is 1.99. The lowest BCUT2D eigenvalue weighted by Crippen LogP contribution is -2.34. The van der Waals surface area contributed by atoms with E-state index in [1.807, 2.05) is 17.9 Å². The van der Waals surface area contributed by atoms with Crippen molar-refractivity contribution in [2.45, 2.75) is 26.3 Å². The van der Waals surface area contributed by atoms with Gasteiger partial charge in [0.15, 0.2) is 0 Å². The van der Waals surface area contributed by atoms with Crippen LogP contribution in [-0.2, 0) is 11.3 Å². The quantitative estimate of drug-likeness (QED) is 0.842. The van der Waals surface area contributed by atoms with Gasteiger partial charge in [0, 0.05) is 49.2 Å². The molecule has 1 aliphatic heterocycles. The van der Waals surface area contributed by atoms with Crippen LogP contribution in [0.25, 0.3) is 0 Å². The average molecular weight is 343 g/mol. The highest BCUT2D eigenvalue weighted by atomic mass is 79.9. The van der Waals surface area contributed by atoms with E-state index in [-0.39, 0.29) is 11.7 Å². The summed E-state index contributed by atoms with van der Waals surface area (Å²) in [5.41, 5.74) is 0.697. The van der Waals surface area contributed by atoms with Crippen molar-refractivity contribution >= 4 is 21.8 Å². The molecule has 0 radical (unpaired) electrons. The van der Waals surface area contributed by atoms with Gasteiger partial charge in [0.05, 0.1) is 0 Å². The van der Waals surface area contributed by atoms with E-state index in [4.69, 9.17) is 0 Å². The number of rotatable bonds is 3. The van der Waals surface area contributed by atoms with Gasteiger partial charge < -0.3 is 4.90 Å². The van der Waals surface area contributed by atoms with E-state index >= 15 is 0 Å². The summed E-state index contributed by atoms with van der Waals surface area (Å²) in [5.74, 6) is 0.0315. The first-order valence-electron chi connectivity index (χ1n) is 7.05. The number of amides is 1. The van der Waals surface area contributed by atoms with Gasteiger partial charge in [-0.15, -0.1) is 0 Å². The number of halogens is 2. The first kappa shape index (κ1) is 15.4. The Labute approximate surface area is 127 Å². The minimum atomic E-state index is -0.176. The van der Waals surface area contributed by atoms with Crippen molar-refractivity contribution in [1.82, 2.24) is 9.80 Å². The fourth-order valence-electron chi connectivity index (χ4n) is 2.51. The SMILES string of the molecule is CCC(=O)N1CCCN(Cc2c(F)cccc2Br)CC1. The van der Waals surface area contributed by atoms with Crippen molar-refractivity contribution in [1.29, 1.82) is 0 Å². The van der Waals surface area contributed by atoms with Crippen LogP contribution < -0.4 is 0 Å². The molecule has 0 atom stereocenters. The van der Waals surface area contributed by atoms with Gasteiger partial charge in [0.25, 0.3) is 0 Å². The monoisotopic (exact) mass is 342 g/mol. The molecule has 0 aromatic heterocycles. The van der Waals surface area contributed by atoms with E-state index in [0.717, 1.165) is 37.1 Å². The number of carbonyl (C=O) groups excluding carboxylic acids is 1. The van der Waals surface area contributed by atoms with Crippen molar-refractivity contribution < 1.29 is 9.18 Å². The van der Waals surface area contributed by atoms with Gasteiger partial charge in [-0.2, -0.15) is 0 Å². The Hall–Kier alpha value is -0.940. The van der Waals surface area contributed by atoms with Crippen molar-refractivity contribution in [3.8, 4) is 0 Å². The molecule has 0 spiro atoms. The third kappa shape index (κ3) is 3.79. The summed E-state index contributed by atoms with van der Waals surface area (Å²) in [6, 6.07) is 5.06. The third-order valence-electron chi connectivity index (χ3n) is 3.69. The molecule has 0 N–H and O–H groups in total. The second kappa shape index (κ2) is 7.18. The molecule has 1 heterocycles. The van der Waals surface area contributed by atoms with E-state index in [9.17, 15) is 9.18 Å². The summed E-state index contributed by atoms with van der Waals surface area (Å²) in [7, 11) is 0. The summed E-state index contributed by atoms with van der Waals surface area (Å²) in [5, 5.41) is 0. The molecule has 1 fully saturated rings. The normalized spacial score (nSPS) is 17.1. The van der Waals surface area contributed by atoms with Gasteiger partial charge in [-0.25, -0.2) is 4.39 Å². The van der Waals surface area contributed by atoms with E-state index in [0.29, 0.717) is 18.5 Å². The summed E-state index contributed by atoms with van der Waals surface area (Å²) >= 11 is 3.41. The van der Waals surface area contributed by atoms with Gasteiger partial charge in [-0.3, -0.25) is 9.69 Å². The molecule has 5 heteroatoms. The molecule has 1 aromatic rings. The fourth-order valence-corrected chi connectivity index (χ4v) is 2.98. The van der Waals surface area contributed by atoms with Crippen LogP contribution >= 0.6 is 15.9 Å². The molecule has 1 aromatic carbocycles. The van der Waals surface area contributed by atoms with Crippen LogP contribution in [0.2, 0.25) is 0 Å². The van der Waals surface area contributed by atoms with Crippen molar-refractivity contribution in [2.24, 2.45) is 0 Å². The van der Waals surface area contributed by atoms with E-state index < -0.39 is 0 Å². The van der Waals surface area contributed by atoms with Gasteiger partial charge in [-0.05, 0) is 18.6 Å². The first-order valence-corrected chi connectivity index (χ1v) is 7.84. The highest BCUT2D eigenvalue weighted by molar-refractivity contribution is 9.10. The lowest BCUT2D eigenvalue weighted by Gasteiger charge is -2.22. The molecular formula is C15H20BrFN2O. The fraction of sp³-hybridized carbons (Fsp3) is 0.533. The zero-order chi connectivity index (χ0) is 14.5. The molecule has 0 bridgehead atoms. The van der Waals surface area contributed by atoms with E-state index in [1.54, 1.807) is 6.07 Å². The molecule has 1 saturated heterocycles. The Morgan fingerprint density at radius 1 is 1.30 bits per heavy atom. The molecule has 3 nitrogen and oxygen atoms in total. The summed E-state index contributed by atoms with van der Waals surface area (Å²) in [4.78, 5) is 15.9. The predicted octanol–water partition coefficient (Wildman–Crippen LogP) is 3.03. The van der Waals surface area contributed by atoms with Crippen LogP contribution in [-0.4, -0.2) is 41.9 Å². The zero-order valence-corrected chi connectivity index (χ0v) is 13.3. The number of hydrogen-bond acceptors (Lipinski definition) is 2. The maximum absolute atomic E-state index is 13.8. The highest BCUT2D eigenvalue weighted by Gasteiger charge is 2.19. The Morgan fingerprint density at radius 2 is 2.10 bits per heavy atom. The summed E-state index contributed by atoms with van der Waals surface area (Å²) < 4.78 is 14.7. The molecule has 0 unspecified atom stereocenters. The molecule has 1 amide bonds. The summed E-state index contributed by atoms with van der Waals surface area (Å²) in [6.07, 6.45) is 1.50. The molecule has 20 heavy (non-hydrogen) atoms. The molecule has 110 valence electrons. The van der Waals surface area contributed by atoms with Gasteiger partial charge in [0.2, 0.25) is 5.91 Å². The van der Waals surface area contributed by atoms with Crippen LogP contribution in [0, 0.1) is 5.82 Å². The second-order valence-electron chi connectivity index (χ2n) is 5.06. The van der Waals surface area contributed by atoms with Crippen LogP contribution in [0.4, 0.5) is 4.39 Å². The topological polar surface area (TPSA) is 23.6 Å². The first-order chi connectivity index (χ1) is 9.61. The Kier molecular flexibility index (Phi) is 5.54. The molecule has 0 saturated carbocycles. The number of hydrogen-bond donors (Lipinski definition) is 0. The van der Waals surface area contributed by atoms with Gasteiger partial charge >= 0.3 is 0 Å². The van der Waals surface area contributed by atoms with Crippen molar-refractivity contribution in [3.05, 3.63) is 34.1 Å². The number of carbonyl (C=O) groups is 1. The lowest BCUT2D eigenvalue weighted by atomic mass is 10.2. The standard InChI is InChI=1S/C15H20BrFN2O/c1-2-15(20)19-8-4-7-18(9-10-19)11-12-13(16)5-3-6-14(12)17/h3,5-6H,2,4,7-11H2,1H3. The summed E-state index contributed by atoms with van der Waals surface area (Å²) in [6.45, 7) is 5.71. The Morgan fingerprint density at radius 3 is 2.80 bits per heavy atom. The van der Waals surface area contributed by atoms with Crippen molar-refractivity contribution in [3.63, 3.8) is 0 Å².